The molecular formula is C23H18F3N3O6. The van der Waals surface area contributed by atoms with Gasteiger partial charge < -0.3 is 14.6 Å². The van der Waals surface area contributed by atoms with Gasteiger partial charge in [-0.3, -0.25) is 15.5 Å². The monoisotopic (exact) mass is 489 g/mol. The van der Waals surface area contributed by atoms with Crippen LogP contribution >= 0.6 is 0 Å². The highest BCUT2D eigenvalue weighted by molar-refractivity contribution is 5.87. The normalized spacial score (nSPS) is 11.3. The summed E-state index contributed by atoms with van der Waals surface area (Å²) < 4.78 is 49.5. The molecular weight excluding hydrogens is 471 g/mol. The van der Waals surface area contributed by atoms with Crippen LogP contribution in [0.5, 0.6) is 11.5 Å². The highest BCUT2D eigenvalue weighted by Gasteiger charge is 2.33. The minimum Gasteiger partial charge on any atom is -0.493 e. The molecule has 0 unspecified atom stereocenters. The van der Waals surface area contributed by atoms with E-state index in [9.17, 15) is 28.1 Å². The van der Waals surface area contributed by atoms with Gasteiger partial charge >= 0.3 is 12.1 Å². The Morgan fingerprint density at radius 1 is 1.14 bits per heavy atom. The molecule has 0 spiro atoms. The summed E-state index contributed by atoms with van der Waals surface area (Å²) in [5.74, 6) is -0.344. The zero-order valence-corrected chi connectivity index (χ0v) is 18.1. The quantitative estimate of drug-likeness (QED) is 0.236. The zero-order chi connectivity index (χ0) is 25.6. The third-order valence-electron chi connectivity index (χ3n) is 4.68. The molecule has 0 saturated carbocycles. The molecule has 0 radical (unpaired) electrons. The van der Waals surface area contributed by atoms with Gasteiger partial charge in [0.25, 0.3) is 5.69 Å². The molecule has 0 atom stereocenters. The number of carboxylic acid groups (broad SMARTS) is 1. The number of ether oxygens (including phenoxy) is 2. The number of carboxylic acids is 1. The molecule has 12 heteroatoms. The highest BCUT2D eigenvalue weighted by Crippen LogP contribution is 2.35. The van der Waals surface area contributed by atoms with E-state index in [-0.39, 0.29) is 17.9 Å². The van der Waals surface area contributed by atoms with Crippen LogP contribution in [0, 0.1) is 10.1 Å². The van der Waals surface area contributed by atoms with E-state index >= 15 is 0 Å². The van der Waals surface area contributed by atoms with E-state index < -0.39 is 28.3 Å². The third-order valence-corrected chi connectivity index (χ3v) is 4.68. The van der Waals surface area contributed by atoms with Gasteiger partial charge in [-0.15, -0.1) is 0 Å². The second kappa shape index (κ2) is 10.5. The van der Waals surface area contributed by atoms with Crippen molar-refractivity contribution in [2.75, 3.05) is 12.5 Å². The molecule has 0 fully saturated rings. The van der Waals surface area contributed by atoms with Crippen molar-refractivity contribution in [3.63, 3.8) is 0 Å². The largest absolute Gasteiger partial charge is 0.493 e. The number of benzene rings is 3. The summed E-state index contributed by atoms with van der Waals surface area (Å²) in [6, 6.07) is 13.1. The second-order valence-corrected chi connectivity index (χ2v) is 7.06. The first-order valence-corrected chi connectivity index (χ1v) is 9.86. The number of alkyl halides is 3. The third kappa shape index (κ3) is 6.47. The van der Waals surface area contributed by atoms with Crippen LogP contribution in [0.25, 0.3) is 0 Å². The lowest BCUT2D eigenvalue weighted by Crippen LogP contribution is -2.06. The number of nitrogens with one attached hydrogen (secondary N) is 1. The fourth-order valence-electron chi connectivity index (χ4n) is 2.97. The van der Waals surface area contributed by atoms with Gasteiger partial charge in [-0.2, -0.15) is 18.3 Å². The molecule has 3 rings (SSSR count). The minimum absolute atomic E-state index is 0.0874. The van der Waals surface area contributed by atoms with Crippen molar-refractivity contribution in [1.29, 1.82) is 0 Å². The summed E-state index contributed by atoms with van der Waals surface area (Å²) >= 11 is 0. The number of hydrogen-bond acceptors (Lipinski definition) is 7. The molecule has 182 valence electrons. The lowest BCUT2D eigenvalue weighted by molar-refractivity contribution is -0.384. The number of carbonyl (C=O) groups is 1. The molecule has 3 aromatic carbocycles. The van der Waals surface area contributed by atoms with Crippen molar-refractivity contribution in [3.8, 4) is 11.5 Å². The molecule has 0 aromatic heterocycles. The molecule has 35 heavy (non-hydrogen) atoms. The van der Waals surface area contributed by atoms with Crippen LogP contribution in [-0.4, -0.2) is 29.3 Å². The van der Waals surface area contributed by atoms with E-state index in [1.807, 2.05) is 0 Å². The molecule has 9 nitrogen and oxygen atoms in total. The summed E-state index contributed by atoms with van der Waals surface area (Å²) in [6.45, 7) is 0.0874. The van der Waals surface area contributed by atoms with Gasteiger partial charge in [0.05, 0.1) is 29.4 Å². The minimum atomic E-state index is -4.72. The van der Waals surface area contributed by atoms with Crippen molar-refractivity contribution >= 4 is 23.6 Å². The second-order valence-electron chi connectivity index (χ2n) is 7.06. The molecule has 0 amide bonds. The molecule has 0 bridgehead atoms. The first-order chi connectivity index (χ1) is 16.6. The Morgan fingerprint density at radius 3 is 2.57 bits per heavy atom. The van der Waals surface area contributed by atoms with E-state index in [2.05, 4.69) is 10.5 Å². The lowest BCUT2D eigenvalue weighted by Gasteiger charge is -2.12. The number of nitro groups is 1. The van der Waals surface area contributed by atoms with Gasteiger partial charge in [-0.1, -0.05) is 12.1 Å². The molecule has 0 saturated heterocycles. The van der Waals surface area contributed by atoms with Crippen LogP contribution in [0.15, 0.2) is 65.8 Å². The van der Waals surface area contributed by atoms with Crippen molar-refractivity contribution < 1.29 is 37.5 Å². The first-order valence-electron chi connectivity index (χ1n) is 9.86. The fraction of sp³-hybridized carbons (Fsp3) is 0.130. The average molecular weight is 489 g/mol. The maximum atomic E-state index is 12.8. The summed E-state index contributed by atoms with van der Waals surface area (Å²) in [5.41, 5.74) is 1.52. The molecule has 2 N–H and O–H groups in total. The van der Waals surface area contributed by atoms with Gasteiger partial charge in [-0.25, -0.2) is 4.79 Å². The van der Waals surface area contributed by atoms with E-state index in [0.717, 1.165) is 6.07 Å². The van der Waals surface area contributed by atoms with Gasteiger partial charge in [0.1, 0.15) is 12.3 Å². The lowest BCUT2D eigenvalue weighted by atomic mass is 10.1. The topological polar surface area (TPSA) is 123 Å². The molecule has 0 heterocycles. The number of hydrogen-bond donors (Lipinski definition) is 2. The smallest absolute Gasteiger partial charge is 0.416 e. The predicted molar refractivity (Wildman–Crippen MR) is 120 cm³/mol. The number of hydrazone groups is 1. The molecule has 3 aromatic rings. The Bertz CT molecular complexity index is 1280. The van der Waals surface area contributed by atoms with Crippen molar-refractivity contribution in [2.45, 2.75) is 12.8 Å². The SMILES string of the molecule is COc1cc(/C=N\Nc2ccc(C(F)(F)F)cc2[N+](=O)[O-])ccc1OCc1cccc(C(=O)O)c1. The van der Waals surface area contributed by atoms with E-state index in [1.54, 1.807) is 30.3 Å². The summed E-state index contributed by atoms with van der Waals surface area (Å²) in [5, 5.41) is 24.1. The van der Waals surface area contributed by atoms with Gasteiger partial charge in [-0.05, 0) is 53.6 Å². The molecule has 0 aliphatic carbocycles. The Labute approximate surface area is 196 Å². The number of anilines is 1. The number of aromatic carboxylic acids is 1. The maximum absolute atomic E-state index is 12.8. The van der Waals surface area contributed by atoms with Gasteiger partial charge in [0.15, 0.2) is 11.5 Å². The standard InChI is InChI=1S/C23H18F3N3O6/c1-34-21-10-14(5-8-20(21)35-13-15-3-2-4-16(9-15)22(30)31)12-27-28-18-7-6-17(23(24,25)26)11-19(18)29(32)33/h2-12,28H,13H2,1H3,(H,30,31)/b27-12-. The van der Waals surface area contributed by atoms with Crippen molar-refractivity contribution in [3.05, 3.63) is 93.0 Å². The van der Waals surface area contributed by atoms with Crippen LogP contribution in [0.4, 0.5) is 24.5 Å². The Hall–Kier alpha value is -4.61. The van der Waals surface area contributed by atoms with E-state index in [0.29, 0.717) is 34.8 Å². The average Bonchev–Trinajstić information content (AvgIpc) is 2.82. The maximum Gasteiger partial charge on any atom is 0.416 e. The number of halogens is 3. The molecule has 0 aliphatic rings. The van der Waals surface area contributed by atoms with Crippen LogP contribution in [0.2, 0.25) is 0 Å². The Morgan fingerprint density at radius 2 is 1.91 bits per heavy atom. The predicted octanol–water partition coefficient (Wildman–Crippen LogP) is 5.35. The van der Waals surface area contributed by atoms with Gasteiger partial charge in [0, 0.05) is 6.07 Å². The number of nitrogens with zero attached hydrogens (tertiary/aromatic N) is 2. The molecule has 0 aliphatic heterocycles. The first kappa shape index (κ1) is 25.0. The van der Waals surface area contributed by atoms with E-state index in [1.165, 1.54) is 25.5 Å². The van der Waals surface area contributed by atoms with Crippen LogP contribution in [0.3, 0.4) is 0 Å². The number of methoxy groups -OCH3 is 1. The number of nitro benzene ring substituents is 1. The highest BCUT2D eigenvalue weighted by atomic mass is 19.4. The Balaban J connectivity index is 1.72. The Kier molecular flexibility index (Phi) is 7.54. The zero-order valence-electron chi connectivity index (χ0n) is 18.1. The van der Waals surface area contributed by atoms with Crippen LogP contribution in [0.1, 0.15) is 27.0 Å². The fourth-order valence-corrected chi connectivity index (χ4v) is 2.97. The van der Waals surface area contributed by atoms with Crippen molar-refractivity contribution in [2.24, 2.45) is 5.10 Å². The van der Waals surface area contributed by atoms with E-state index in [4.69, 9.17) is 14.6 Å². The van der Waals surface area contributed by atoms with Crippen LogP contribution in [-0.2, 0) is 12.8 Å². The number of rotatable bonds is 9. The summed E-state index contributed by atoms with van der Waals surface area (Å²) in [6.07, 6.45) is -3.42. The summed E-state index contributed by atoms with van der Waals surface area (Å²) in [7, 11) is 1.41. The van der Waals surface area contributed by atoms with Crippen molar-refractivity contribution in [1.82, 2.24) is 0 Å². The van der Waals surface area contributed by atoms with Gasteiger partial charge in [0.2, 0.25) is 0 Å². The summed E-state index contributed by atoms with van der Waals surface area (Å²) in [4.78, 5) is 21.3. The van der Waals surface area contributed by atoms with Crippen LogP contribution < -0.4 is 14.9 Å².